The number of aromatic nitrogens is 3. The fourth-order valence-corrected chi connectivity index (χ4v) is 1.65. The van der Waals surface area contributed by atoms with Crippen molar-refractivity contribution in [2.75, 3.05) is 17.7 Å². The lowest BCUT2D eigenvalue weighted by molar-refractivity contribution is 0.262. The summed E-state index contributed by atoms with van der Waals surface area (Å²) in [4.78, 5) is 15.9. The zero-order valence-electron chi connectivity index (χ0n) is 10.9. The lowest BCUT2D eigenvalue weighted by Crippen LogP contribution is -2.20. The van der Waals surface area contributed by atoms with Gasteiger partial charge in [0, 0.05) is 6.20 Å². The molecule has 3 N–H and O–H groups in total. The molecule has 0 aliphatic heterocycles. The van der Waals surface area contributed by atoms with Gasteiger partial charge in [-0.05, 0) is 26.0 Å². The molecular formula is C12H15N5O2. The average Bonchev–Trinajstić information content (AvgIpc) is 2.71. The van der Waals surface area contributed by atoms with E-state index in [0.717, 1.165) is 11.4 Å². The summed E-state index contributed by atoms with van der Waals surface area (Å²) in [7, 11) is 1.50. The van der Waals surface area contributed by atoms with Crippen molar-refractivity contribution in [3.05, 3.63) is 29.7 Å². The van der Waals surface area contributed by atoms with E-state index in [4.69, 9.17) is 4.74 Å². The SMILES string of the molecule is COc1ncccc1NC(=O)Nc1c(C)n[nH]c1C. The first-order chi connectivity index (χ1) is 9.11. The molecule has 2 rings (SSSR count). The van der Waals surface area contributed by atoms with Gasteiger partial charge in [-0.15, -0.1) is 0 Å². The van der Waals surface area contributed by atoms with Crippen LogP contribution in [0.3, 0.4) is 0 Å². The molecule has 0 saturated heterocycles. The van der Waals surface area contributed by atoms with Crippen molar-refractivity contribution in [1.29, 1.82) is 0 Å². The number of amides is 2. The number of methoxy groups -OCH3 is 1. The number of aromatic amines is 1. The van der Waals surface area contributed by atoms with E-state index in [1.165, 1.54) is 7.11 Å². The van der Waals surface area contributed by atoms with Gasteiger partial charge in [0.25, 0.3) is 0 Å². The van der Waals surface area contributed by atoms with Crippen LogP contribution in [0.5, 0.6) is 5.88 Å². The van der Waals surface area contributed by atoms with Gasteiger partial charge in [0.15, 0.2) is 0 Å². The minimum atomic E-state index is -0.376. The molecule has 0 unspecified atom stereocenters. The molecule has 0 radical (unpaired) electrons. The van der Waals surface area contributed by atoms with E-state index >= 15 is 0 Å². The number of nitrogens with one attached hydrogen (secondary N) is 3. The summed E-state index contributed by atoms with van der Waals surface area (Å²) in [5.41, 5.74) is 2.69. The number of rotatable bonds is 3. The second-order valence-electron chi connectivity index (χ2n) is 3.95. The van der Waals surface area contributed by atoms with Crippen molar-refractivity contribution in [1.82, 2.24) is 15.2 Å². The maximum atomic E-state index is 11.9. The Balaban J connectivity index is 2.10. The van der Waals surface area contributed by atoms with Gasteiger partial charge in [-0.25, -0.2) is 9.78 Å². The first-order valence-electron chi connectivity index (χ1n) is 5.70. The van der Waals surface area contributed by atoms with Crippen LogP contribution in [0, 0.1) is 13.8 Å². The van der Waals surface area contributed by atoms with Gasteiger partial charge in [-0.1, -0.05) is 0 Å². The molecule has 0 aliphatic rings. The zero-order valence-corrected chi connectivity index (χ0v) is 10.9. The van der Waals surface area contributed by atoms with Crippen molar-refractivity contribution in [2.45, 2.75) is 13.8 Å². The van der Waals surface area contributed by atoms with Crippen LogP contribution in [-0.4, -0.2) is 28.3 Å². The summed E-state index contributed by atoms with van der Waals surface area (Å²) in [5, 5.41) is 12.2. The van der Waals surface area contributed by atoms with Gasteiger partial charge in [0.2, 0.25) is 5.88 Å². The topological polar surface area (TPSA) is 91.9 Å². The summed E-state index contributed by atoms with van der Waals surface area (Å²) in [6, 6.07) is 3.05. The third-order valence-corrected chi connectivity index (χ3v) is 2.58. The summed E-state index contributed by atoms with van der Waals surface area (Å²) in [5.74, 6) is 0.360. The normalized spacial score (nSPS) is 10.1. The molecule has 19 heavy (non-hydrogen) atoms. The molecule has 0 fully saturated rings. The van der Waals surface area contributed by atoms with Gasteiger partial charge < -0.3 is 15.4 Å². The van der Waals surface area contributed by atoms with E-state index in [-0.39, 0.29) is 6.03 Å². The highest BCUT2D eigenvalue weighted by Crippen LogP contribution is 2.21. The largest absolute Gasteiger partial charge is 0.480 e. The number of pyridine rings is 1. The van der Waals surface area contributed by atoms with Crippen molar-refractivity contribution in [3.63, 3.8) is 0 Å². The van der Waals surface area contributed by atoms with Crippen LogP contribution < -0.4 is 15.4 Å². The van der Waals surface area contributed by atoms with Crippen molar-refractivity contribution >= 4 is 17.4 Å². The molecular weight excluding hydrogens is 246 g/mol. The first kappa shape index (κ1) is 12.9. The molecule has 0 atom stereocenters. The summed E-state index contributed by atoms with van der Waals surface area (Å²) >= 11 is 0. The number of H-pyrrole nitrogens is 1. The molecule has 0 saturated carbocycles. The Kier molecular flexibility index (Phi) is 3.65. The van der Waals surface area contributed by atoms with E-state index in [1.54, 1.807) is 18.3 Å². The van der Waals surface area contributed by atoms with Crippen LogP contribution in [0.25, 0.3) is 0 Å². The lowest BCUT2D eigenvalue weighted by atomic mass is 10.3. The highest BCUT2D eigenvalue weighted by atomic mass is 16.5. The van der Waals surface area contributed by atoms with E-state index in [9.17, 15) is 4.79 Å². The average molecular weight is 261 g/mol. The quantitative estimate of drug-likeness (QED) is 0.788. The van der Waals surface area contributed by atoms with Crippen LogP contribution in [0.4, 0.5) is 16.2 Å². The Morgan fingerprint density at radius 2 is 2.16 bits per heavy atom. The van der Waals surface area contributed by atoms with Crippen LogP contribution >= 0.6 is 0 Å². The van der Waals surface area contributed by atoms with E-state index in [0.29, 0.717) is 17.3 Å². The molecule has 7 heteroatoms. The number of carbonyl (C=O) groups excluding carboxylic acids is 1. The van der Waals surface area contributed by atoms with E-state index in [1.807, 2.05) is 13.8 Å². The highest BCUT2D eigenvalue weighted by Gasteiger charge is 2.12. The van der Waals surface area contributed by atoms with Crippen molar-refractivity contribution in [3.8, 4) is 5.88 Å². The predicted octanol–water partition coefficient (Wildman–Crippen LogP) is 2.07. The van der Waals surface area contributed by atoms with Crippen molar-refractivity contribution in [2.24, 2.45) is 0 Å². The summed E-state index contributed by atoms with van der Waals surface area (Å²) < 4.78 is 5.06. The van der Waals surface area contributed by atoms with Gasteiger partial charge in [-0.3, -0.25) is 5.10 Å². The lowest BCUT2D eigenvalue weighted by Gasteiger charge is -2.10. The van der Waals surface area contributed by atoms with Gasteiger partial charge in [0.05, 0.1) is 24.2 Å². The smallest absolute Gasteiger partial charge is 0.323 e. The number of carbonyl (C=O) groups is 1. The minimum absolute atomic E-state index is 0.360. The van der Waals surface area contributed by atoms with Crippen LogP contribution in [0.2, 0.25) is 0 Å². The van der Waals surface area contributed by atoms with Crippen molar-refractivity contribution < 1.29 is 9.53 Å². The molecule has 2 aromatic heterocycles. The maximum Gasteiger partial charge on any atom is 0.323 e. The van der Waals surface area contributed by atoms with Crippen LogP contribution in [0.1, 0.15) is 11.4 Å². The van der Waals surface area contributed by atoms with Gasteiger partial charge >= 0.3 is 6.03 Å². The third-order valence-electron chi connectivity index (χ3n) is 2.58. The fourth-order valence-electron chi connectivity index (χ4n) is 1.65. The molecule has 0 bridgehead atoms. The molecule has 7 nitrogen and oxygen atoms in total. The van der Waals surface area contributed by atoms with Gasteiger partial charge in [0.1, 0.15) is 5.69 Å². The molecule has 0 aliphatic carbocycles. The Morgan fingerprint density at radius 3 is 2.79 bits per heavy atom. The number of hydrogen-bond donors (Lipinski definition) is 3. The Labute approximate surface area is 110 Å². The Morgan fingerprint density at radius 1 is 1.37 bits per heavy atom. The monoisotopic (exact) mass is 261 g/mol. The standard InChI is InChI=1S/C12H15N5O2/c1-7-10(8(2)17-16-7)15-12(18)14-9-5-4-6-13-11(9)19-3/h4-6H,1-3H3,(H,16,17)(H2,14,15,18). The van der Waals surface area contributed by atoms with E-state index in [2.05, 4.69) is 25.8 Å². The third kappa shape index (κ3) is 2.82. The molecule has 2 amide bonds. The minimum Gasteiger partial charge on any atom is -0.480 e. The predicted molar refractivity (Wildman–Crippen MR) is 71.5 cm³/mol. The Bertz CT molecular complexity index is 574. The number of anilines is 2. The molecule has 0 spiro atoms. The number of nitrogens with zero attached hydrogens (tertiary/aromatic N) is 2. The molecule has 2 heterocycles. The van der Waals surface area contributed by atoms with E-state index < -0.39 is 0 Å². The maximum absolute atomic E-state index is 11.9. The second kappa shape index (κ2) is 5.38. The fraction of sp³-hybridized carbons (Fsp3) is 0.250. The number of urea groups is 1. The van der Waals surface area contributed by atoms with Gasteiger partial charge in [-0.2, -0.15) is 5.10 Å². The molecule has 2 aromatic rings. The molecule has 0 aromatic carbocycles. The number of aryl methyl sites for hydroxylation is 2. The number of hydrogen-bond acceptors (Lipinski definition) is 4. The zero-order chi connectivity index (χ0) is 13.8. The number of ether oxygens (including phenoxy) is 1. The Hall–Kier alpha value is -2.57. The van der Waals surface area contributed by atoms with Crippen LogP contribution in [0.15, 0.2) is 18.3 Å². The first-order valence-corrected chi connectivity index (χ1v) is 5.70. The summed E-state index contributed by atoms with van der Waals surface area (Å²) in [6.07, 6.45) is 1.59. The molecule has 100 valence electrons. The second-order valence-corrected chi connectivity index (χ2v) is 3.95. The summed E-state index contributed by atoms with van der Waals surface area (Å²) in [6.45, 7) is 3.64. The highest BCUT2D eigenvalue weighted by molar-refractivity contribution is 6.01. The van der Waals surface area contributed by atoms with Crippen LogP contribution in [-0.2, 0) is 0 Å².